The second-order valence-electron chi connectivity index (χ2n) is 8.39. The lowest BCUT2D eigenvalue weighted by atomic mass is 10.2. The van der Waals surface area contributed by atoms with Crippen LogP contribution in [0.5, 0.6) is 0 Å². The standard InChI is InChI=1S/C25H33FN2O4S/c1-6-8-10-17-28(18-11-9-7-2)22-13-12-14-23(19-22)33(30,31)20-21(26)15-16-27-24(29)32-25(3,4)5/h1-2,12-15,19H,8-11,16-18,20H2,3-5H3,(H,27,29)/b21-15-. The topological polar surface area (TPSA) is 75.7 Å². The van der Waals surface area contributed by atoms with Crippen LogP contribution in [0.25, 0.3) is 0 Å². The van der Waals surface area contributed by atoms with Crippen molar-refractivity contribution in [2.45, 2.75) is 57.0 Å². The summed E-state index contributed by atoms with van der Waals surface area (Å²) in [7, 11) is -3.92. The average molecular weight is 477 g/mol. The molecule has 0 aliphatic rings. The van der Waals surface area contributed by atoms with Gasteiger partial charge in [0.1, 0.15) is 17.2 Å². The van der Waals surface area contributed by atoms with Gasteiger partial charge in [-0.15, -0.1) is 24.7 Å². The minimum Gasteiger partial charge on any atom is -0.444 e. The van der Waals surface area contributed by atoms with E-state index in [-0.39, 0.29) is 11.4 Å². The molecular weight excluding hydrogens is 443 g/mol. The first kappa shape index (κ1) is 28.1. The number of alkyl carbamates (subject to hydrolysis) is 1. The van der Waals surface area contributed by atoms with Gasteiger partial charge in [-0.05, 0) is 57.9 Å². The van der Waals surface area contributed by atoms with E-state index in [1.54, 1.807) is 26.8 Å². The van der Waals surface area contributed by atoms with Crippen LogP contribution in [0.2, 0.25) is 0 Å². The molecule has 1 aromatic carbocycles. The molecule has 0 saturated heterocycles. The smallest absolute Gasteiger partial charge is 0.407 e. The second-order valence-corrected chi connectivity index (χ2v) is 10.4. The Labute approximate surface area is 197 Å². The molecule has 0 aromatic heterocycles. The van der Waals surface area contributed by atoms with Gasteiger partial charge in [-0.2, -0.15) is 0 Å². The van der Waals surface area contributed by atoms with Crippen LogP contribution in [0.4, 0.5) is 14.9 Å². The van der Waals surface area contributed by atoms with E-state index >= 15 is 0 Å². The minimum atomic E-state index is -3.92. The molecule has 180 valence electrons. The molecular formula is C25H33FN2O4S. The monoisotopic (exact) mass is 476 g/mol. The molecule has 0 fully saturated rings. The molecule has 1 rings (SSSR count). The maximum absolute atomic E-state index is 14.3. The van der Waals surface area contributed by atoms with Crippen molar-refractivity contribution < 1.29 is 22.3 Å². The molecule has 0 aliphatic carbocycles. The van der Waals surface area contributed by atoms with Crippen LogP contribution in [0.15, 0.2) is 41.1 Å². The molecule has 0 spiro atoms. The lowest BCUT2D eigenvalue weighted by Gasteiger charge is -2.25. The summed E-state index contributed by atoms with van der Waals surface area (Å²) >= 11 is 0. The summed E-state index contributed by atoms with van der Waals surface area (Å²) in [5.41, 5.74) is 0.0251. The van der Waals surface area contributed by atoms with Crippen molar-refractivity contribution in [1.82, 2.24) is 5.32 Å². The molecule has 0 saturated carbocycles. The fraction of sp³-hybridized carbons (Fsp3) is 0.480. The predicted molar refractivity (Wildman–Crippen MR) is 130 cm³/mol. The van der Waals surface area contributed by atoms with Gasteiger partial charge in [0.2, 0.25) is 0 Å². The lowest BCUT2D eigenvalue weighted by Crippen LogP contribution is -2.32. The Kier molecular flexibility index (Phi) is 11.5. The van der Waals surface area contributed by atoms with Gasteiger partial charge in [0.05, 0.1) is 4.90 Å². The van der Waals surface area contributed by atoms with E-state index in [0.717, 1.165) is 18.9 Å². The zero-order valence-corrected chi connectivity index (χ0v) is 20.4. The van der Waals surface area contributed by atoms with E-state index in [9.17, 15) is 17.6 Å². The Balaban J connectivity index is 2.87. The van der Waals surface area contributed by atoms with Gasteiger partial charge in [0.25, 0.3) is 0 Å². The number of unbranched alkanes of at least 4 members (excludes halogenated alkanes) is 2. The number of hydrogen-bond donors (Lipinski definition) is 1. The number of ether oxygens (including phenoxy) is 1. The highest BCUT2D eigenvalue weighted by atomic mass is 32.2. The SMILES string of the molecule is C#CCCCN(CCCC#C)c1cccc(S(=O)(=O)C/C(F)=C/CNC(=O)OC(C)(C)C)c1. The maximum atomic E-state index is 14.3. The van der Waals surface area contributed by atoms with Crippen LogP contribution in [0.3, 0.4) is 0 Å². The van der Waals surface area contributed by atoms with Crippen molar-refractivity contribution in [3.8, 4) is 24.7 Å². The first-order valence-corrected chi connectivity index (χ1v) is 12.4. The molecule has 0 bridgehead atoms. The van der Waals surface area contributed by atoms with Crippen LogP contribution in [0, 0.1) is 24.7 Å². The van der Waals surface area contributed by atoms with E-state index in [1.165, 1.54) is 12.1 Å². The third-order valence-corrected chi connectivity index (χ3v) is 5.96. The van der Waals surface area contributed by atoms with Gasteiger partial charge in [-0.1, -0.05) is 6.07 Å². The van der Waals surface area contributed by atoms with E-state index in [1.807, 2.05) is 11.0 Å². The van der Waals surface area contributed by atoms with Gasteiger partial charge in [-0.3, -0.25) is 0 Å². The number of nitrogens with one attached hydrogen (secondary N) is 1. The highest BCUT2D eigenvalue weighted by Crippen LogP contribution is 2.23. The predicted octanol–water partition coefficient (Wildman–Crippen LogP) is 4.47. The van der Waals surface area contributed by atoms with E-state index < -0.39 is 33.1 Å². The van der Waals surface area contributed by atoms with Crippen molar-refractivity contribution >= 4 is 21.6 Å². The number of benzene rings is 1. The summed E-state index contributed by atoms with van der Waals surface area (Å²) in [5.74, 6) is 3.52. The first-order valence-electron chi connectivity index (χ1n) is 10.7. The van der Waals surface area contributed by atoms with Crippen LogP contribution in [-0.4, -0.2) is 45.5 Å². The molecule has 33 heavy (non-hydrogen) atoms. The molecule has 1 N–H and O–H groups in total. The number of halogens is 1. The summed E-state index contributed by atoms with van der Waals surface area (Å²) in [6.07, 6.45) is 13.7. The number of hydrogen-bond acceptors (Lipinski definition) is 5. The number of nitrogens with zero attached hydrogens (tertiary/aromatic N) is 1. The fourth-order valence-corrected chi connectivity index (χ4v) is 4.10. The minimum absolute atomic E-state index is 0.0163. The second kappa shape index (κ2) is 13.5. The number of carbonyl (C=O) groups excluding carboxylic acids is 1. The zero-order chi connectivity index (χ0) is 24.9. The maximum Gasteiger partial charge on any atom is 0.407 e. The van der Waals surface area contributed by atoms with Gasteiger partial charge >= 0.3 is 6.09 Å². The molecule has 0 atom stereocenters. The molecule has 8 heteroatoms. The summed E-state index contributed by atoms with van der Waals surface area (Å²) in [5, 5.41) is 2.36. The van der Waals surface area contributed by atoms with Crippen molar-refractivity contribution in [3.63, 3.8) is 0 Å². The van der Waals surface area contributed by atoms with Crippen molar-refractivity contribution in [1.29, 1.82) is 0 Å². The number of terminal acetylenes is 2. The molecule has 1 aromatic rings. The Morgan fingerprint density at radius 1 is 1.18 bits per heavy atom. The van der Waals surface area contributed by atoms with Gasteiger partial charge in [0.15, 0.2) is 9.84 Å². The molecule has 0 aliphatic heterocycles. The number of amides is 1. The van der Waals surface area contributed by atoms with E-state index in [0.29, 0.717) is 31.6 Å². The van der Waals surface area contributed by atoms with E-state index in [2.05, 4.69) is 17.2 Å². The number of anilines is 1. The lowest BCUT2D eigenvalue weighted by molar-refractivity contribution is 0.0534. The first-order chi connectivity index (χ1) is 15.5. The molecule has 0 heterocycles. The van der Waals surface area contributed by atoms with Crippen LogP contribution in [-0.2, 0) is 14.6 Å². The summed E-state index contributed by atoms with van der Waals surface area (Å²) < 4.78 is 44.9. The Hall–Kier alpha value is -2.97. The quantitative estimate of drug-likeness (QED) is 0.356. The fourth-order valence-electron chi connectivity index (χ4n) is 2.87. The largest absolute Gasteiger partial charge is 0.444 e. The van der Waals surface area contributed by atoms with Crippen molar-refractivity contribution in [2.24, 2.45) is 0 Å². The average Bonchev–Trinajstić information content (AvgIpc) is 2.71. The molecule has 0 unspecified atom stereocenters. The Bertz CT molecular complexity index is 978. The molecule has 1 amide bonds. The number of rotatable bonds is 12. The van der Waals surface area contributed by atoms with Crippen molar-refractivity contribution in [3.05, 3.63) is 36.2 Å². The molecule has 6 nitrogen and oxygen atoms in total. The molecule has 0 radical (unpaired) electrons. The van der Waals surface area contributed by atoms with Gasteiger partial charge in [-0.25, -0.2) is 17.6 Å². The summed E-state index contributed by atoms with van der Waals surface area (Å²) in [6, 6.07) is 6.41. The highest BCUT2D eigenvalue weighted by molar-refractivity contribution is 7.91. The number of carbonyl (C=O) groups is 1. The van der Waals surface area contributed by atoms with Crippen molar-refractivity contribution in [2.75, 3.05) is 30.3 Å². The van der Waals surface area contributed by atoms with E-state index in [4.69, 9.17) is 17.6 Å². The normalized spacial score (nSPS) is 11.9. The summed E-state index contributed by atoms with van der Waals surface area (Å²) in [6.45, 7) is 6.24. The zero-order valence-electron chi connectivity index (χ0n) is 19.6. The van der Waals surface area contributed by atoms with Crippen LogP contribution >= 0.6 is 0 Å². The van der Waals surface area contributed by atoms with Crippen LogP contribution < -0.4 is 10.2 Å². The van der Waals surface area contributed by atoms with Gasteiger partial charge < -0.3 is 15.0 Å². The van der Waals surface area contributed by atoms with Crippen LogP contribution in [0.1, 0.15) is 46.5 Å². The third-order valence-electron chi connectivity index (χ3n) is 4.34. The number of sulfone groups is 1. The van der Waals surface area contributed by atoms with Gasteiger partial charge in [0, 0.05) is 38.2 Å². The summed E-state index contributed by atoms with van der Waals surface area (Å²) in [4.78, 5) is 13.7. The Morgan fingerprint density at radius 2 is 1.79 bits per heavy atom. The Morgan fingerprint density at radius 3 is 2.33 bits per heavy atom. The third kappa shape index (κ3) is 11.5. The highest BCUT2D eigenvalue weighted by Gasteiger charge is 2.19.